The van der Waals surface area contributed by atoms with E-state index in [2.05, 4.69) is 35.3 Å². The summed E-state index contributed by atoms with van der Waals surface area (Å²) in [6, 6.07) is 12.1. The largest absolute Gasteiger partial charge is 0.496 e. The minimum absolute atomic E-state index is 0.160. The molecule has 5 rings (SSSR count). The molecule has 3 atom stereocenters. The van der Waals surface area contributed by atoms with Crippen LogP contribution < -0.4 is 4.90 Å². The fraction of sp³-hybridized carbons (Fsp3) is 0.469. The summed E-state index contributed by atoms with van der Waals surface area (Å²) in [5.74, 6) is 1.69. The van der Waals surface area contributed by atoms with Gasteiger partial charge in [-0.3, -0.25) is 9.69 Å². The van der Waals surface area contributed by atoms with Gasteiger partial charge in [-0.25, -0.2) is 9.78 Å². The zero-order valence-corrected chi connectivity index (χ0v) is 23.9. The quantitative estimate of drug-likeness (QED) is 0.341. The molecule has 1 amide bonds. The number of esters is 1. The first-order valence-electron chi connectivity index (χ1n) is 14.3. The van der Waals surface area contributed by atoms with Crippen LogP contribution in [-0.4, -0.2) is 54.8 Å². The molecular weight excluding hydrogens is 506 g/mol. The number of nitrogens with zero attached hydrogens (tertiary/aromatic N) is 3. The second-order valence-electron chi connectivity index (χ2n) is 10.8. The zero-order valence-electron chi connectivity index (χ0n) is 23.9. The van der Waals surface area contributed by atoms with E-state index in [0.717, 1.165) is 65.5 Å². The predicted octanol–water partition coefficient (Wildman–Crippen LogP) is 5.96. The number of ether oxygens (including phenoxy) is 3. The second-order valence-corrected chi connectivity index (χ2v) is 10.8. The summed E-state index contributed by atoms with van der Waals surface area (Å²) < 4.78 is 16.8. The summed E-state index contributed by atoms with van der Waals surface area (Å²) in [6.07, 6.45) is 6.58. The maximum Gasteiger partial charge on any atom is 0.411 e. The standard InChI is InChI=1S/C32H39N3O5/c1-5-39-30(36)15-11-23-10-13-28(38-4)26(19-23)25-12-14-29(34-16-7-17-34)33-27(25)20-35-22(3)31(40-32(35)37)24-9-6-8-21(2)18-24/h6,8-9,12-14,18-19,22-23,31H,5,7,10-11,15-17,20H2,1-4H3/t22-,23?,31-/m0/s1. The van der Waals surface area contributed by atoms with Crippen LogP contribution in [0.3, 0.4) is 0 Å². The van der Waals surface area contributed by atoms with Crippen molar-refractivity contribution in [1.82, 2.24) is 9.88 Å². The molecular formula is C32H39N3O5. The first-order chi connectivity index (χ1) is 19.4. The van der Waals surface area contributed by atoms with Crippen LogP contribution in [0.5, 0.6) is 0 Å². The van der Waals surface area contributed by atoms with E-state index in [1.165, 1.54) is 0 Å². The van der Waals surface area contributed by atoms with E-state index in [9.17, 15) is 9.59 Å². The zero-order chi connectivity index (χ0) is 28.2. The van der Waals surface area contributed by atoms with Crippen molar-refractivity contribution in [1.29, 1.82) is 0 Å². The van der Waals surface area contributed by atoms with Crippen LogP contribution in [0.25, 0.3) is 5.57 Å². The Bertz CT molecular complexity index is 1320. The van der Waals surface area contributed by atoms with Crippen LogP contribution >= 0.6 is 0 Å². The molecule has 0 spiro atoms. The molecule has 3 aliphatic rings. The number of benzene rings is 1. The molecule has 8 heteroatoms. The molecule has 212 valence electrons. The van der Waals surface area contributed by atoms with Crippen molar-refractivity contribution in [2.24, 2.45) is 5.92 Å². The van der Waals surface area contributed by atoms with Crippen molar-refractivity contribution >= 4 is 23.5 Å². The van der Waals surface area contributed by atoms with E-state index in [0.29, 0.717) is 26.0 Å². The van der Waals surface area contributed by atoms with Crippen LogP contribution in [0.2, 0.25) is 0 Å². The molecule has 1 aromatic heterocycles. The molecule has 0 saturated carbocycles. The molecule has 8 nitrogen and oxygen atoms in total. The lowest BCUT2D eigenvalue weighted by Crippen LogP contribution is -2.38. The maximum absolute atomic E-state index is 13.2. The number of methoxy groups -OCH3 is 1. The van der Waals surface area contributed by atoms with Gasteiger partial charge < -0.3 is 19.1 Å². The summed E-state index contributed by atoms with van der Waals surface area (Å²) in [4.78, 5) is 34.3. The third kappa shape index (κ3) is 5.86. The lowest BCUT2D eigenvalue weighted by molar-refractivity contribution is -0.143. The van der Waals surface area contributed by atoms with Crippen LogP contribution in [0.1, 0.15) is 68.0 Å². The Balaban J connectivity index is 1.45. The molecule has 0 N–H and O–H groups in total. The van der Waals surface area contributed by atoms with Crippen molar-refractivity contribution in [3.63, 3.8) is 0 Å². The number of rotatable bonds is 10. The highest BCUT2D eigenvalue weighted by molar-refractivity contribution is 5.81. The number of anilines is 1. The number of hydrogen-bond acceptors (Lipinski definition) is 7. The lowest BCUT2D eigenvalue weighted by atomic mass is 9.87. The molecule has 0 radical (unpaired) electrons. The van der Waals surface area contributed by atoms with Crippen LogP contribution in [0.15, 0.2) is 54.3 Å². The number of aryl methyl sites for hydroxylation is 1. The topological polar surface area (TPSA) is 81.2 Å². The molecule has 1 aliphatic carbocycles. The van der Waals surface area contributed by atoms with Crippen molar-refractivity contribution in [2.45, 2.75) is 65.1 Å². The molecule has 0 bridgehead atoms. The lowest BCUT2D eigenvalue weighted by Gasteiger charge is -2.33. The van der Waals surface area contributed by atoms with Gasteiger partial charge in [0.2, 0.25) is 0 Å². The predicted molar refractivity (Wildman–Crippen MR) is 154 cm³/mol. The van der Waals surface area contributed by atoms with Crippen molar-refractivity contribution in [3.05, 3.63) is 76.7 Å². The highest BCUT2D eigenvalue weighted by Gasteiger charge is 2.40. The number of cyclic esters (lactones) is 1. The van der Waals surface area contributed by atoms with Crippen LogP contribution in [-0.2, 0) is 25.5 Å². The van der Waals surface area contributed by atoms with Crippen molar-refractivity contribution in [2.75, 3.05) is 31.7 Å². The molecule has 1 aromatic carbocycles. The number of allylic oxidation sites excluding steroid dienone is 3. The number of aromatic nitrogens is 1. The molecule has 3 heterocycles. The Morgan fingerprint density at radius 2 is 2.02 bits per heavy atom. The van der Waals surface area contributed by atoms with Crippen LogP contribution in [0, 0.1) is 12.8 Å². The number of hydrogen-bond donors (Lipinski definition) is 0. The van der Waals surface area contributed by atoms with Gasteiger partial charge in [-0.1, -0.05) is 35.9 Å². The third-order valence-corrected chi connectivity index (χ3v) is 8.03. The van der Waals surface area contributed by atoms with Gasteiger partial charge in [-0.2, -0.15) is 0 Å². The number of amides is 1. The first kappa shape index (κ1) is 27.7. The van der Waals surface area contributed by atoms with E-state index in [-0.39, 0.29) is 30.1 Å². The van der Waals surface area contributed by atoms with Crippen molar-refractivity contribution in [3.8, 4) is 0 Å². The van der Waals surface area contributed by atoms with E-state index in [4.69, 9.17) is 19.2 Å². The highest BCUT2D eigenvalue weighted by Crippen LogP contribution is 2.38. The van der Waals surface area contributed by atoms with E-state index in [1.54, 1.807) is 12.0 Å². The third-order valence-electron chi connectivity index (χ3n) is 8.03. The first-order valence-corrected chi connectivity index (χ1v) is 14.3. The van der Waals surface area contributed by atoms with Gasteiger partial charge in [0.25, 0.3) is 0 Å². The molecule has 2 saturated heterocycles. The average Bonchev–Trinajstić information content (AvgIpc) is 3.19. The minimum Gasteiger partial charge on any atom is -0.496 e. The van der Waals surface area contributed by atoms with Gasteiger partial charge in [0.15, 0.2) is 0 Å². The Labute approximate surface area is 236 Å². The molecule has 40 heavy (non-hydrogen) atoms. The average molecular weight is 546 g/mol. The van der Waals surface area contributed by atoms with Crippen LogP contribution in [0.4, 0.5) is 10.6 Å². The number of carbonyl (C=O) groups excluding carboxylic acids is 2. The summed E-state index contributed by atoms with van der Waals surface area (Å²) in [5, 5.41) is 0. The SMILES string of the molecule is CCOC(=O)CCC1C=C(c2ccc(N3CCC3)nc2CN2C(=O)O[C@H](c3cccc(C)c3)[C@@H]2C)C(OC)=CC1. The maximum atomic E-state index is 13.2. The monoisotopic (exact) mass is 545 g/mol. The van der Waals surface area contributed by atoms with Gasteiger partial charge in [0, 0.05) is 30.6 Å². The van der Waals surface area contributed by atoms with Crippen molar-refractivity contribution < 1.29 is 23.8 Å². The summed E-state index contributed by atoms with van der Waals surface area (Å²) in [5.41, 5.74) is 4.80. The summed E-state index contributed by atoms with van der Waals surface area (Å²) in [6.45, 7) is 8.56. The Morgan fingerprint density at radius 1 is 1.20 bits per heavy atom. The fourth-order valence-corrected chi connectivity index (χ4v) is 5.65. The smallest absolute Gasteiger partial charge is 0.411 e. The number of pyridine rings is 1. The molecule has 1 unspecified atom stereocenters. The van der Waals surface area contributed by atoms with E-state index < -0.39 is 0 Å². The van der Waals surface area contributed by atoms with Gasteiger partial charge in [-0.15, -0.1) is 0 Å². The van der Waals surface area contributed by atoms with E-state index in [1.807, 2.05) is 39.0 Å². The van der Waals surface area contributed by atoms with E-state index >= 15 is 0 Å². The number of carbonyl (C=O) groups is 2. The van der Waals surface area contributed by atoms with Gasteiger partial charge in [-0.05, 0) is 69.7 Å². The Morgan fingerprint density at radius 3 is 2.73 bits per heavy atom. The van der Waals surface area contributed by atoms with Gasteiger partial charge in [0.05, 0.1) is 32.0 Å². The summed E-state index contributed by atoms with van der Waals surface area (Å²) in [7, 11) is 1.67. The van der Waals surface area contributed by atoms with Gasteiger partial charge in [0.1, 0.15) is 17.7 Å². The molecule has 2 aliphatic heterocycles. The minimum atomic E-state index is -0.343. The van der Waals surface area contributed by atoms with Gasteiger partial charge >= 0.3 is 12.1 Å². The summed E-state index contributed by atoms with van der Waals surface area (Å²) >= 11 is 0. The fourth-order valence-electron chi connectivity index (χ4n) is 5.65. The molecule has 2 fully saturated rings. The normalized spacial score (nSPS) is 22.3. The highest BCUT2D eigenvalue weighted by atomic mass is 16.6. The second kappa shape index (κ2) is 12.1. The molecule has 2 aromatic rings. The Kier molecular flexibility index (Phi) is 8.43. The Hall–Kier alpha value is -3.81.